The molecule has 0 spiro atoms. The summed E-state index contributed by atoms with van der Waals surface area (Å²) in [6, 6.07) is 25.1. The normalized spacial score (nSPS) is 9.79. The molecule has 3 aromatic rings. The predicted molar refractivity (Wildman–Crippen MR) is 92.1 cm³/mol. The van der Waals surface area contributed by atoms with E-state index in [1.165, 1.54) is 0 Å². The summed E-state index contributed by atoms with van der Waals surface area (Å²) in [6.45, 7) is 0. The van der Waals surface area contributed by atoms with Crippen molar-refractivity contribution in [1.29, 1.82) is 5.26 Å². The first-order chi connectivity index (χ1) is 11.8. The SMILES string of the molecule is N#Cc1cccc(C(=O)Nc2ccccc2Oc2ccccc2)c1. The van der Waals surface area contributed by atoms with Crippen molar-refractivity contribution in [2.24, 2.45) is 0 Å². The van der Waals surface area contributed by atoms with Crippen molar-refractivity contribution in [3.63, 3.8) is 0 Å². The Balaban J connectivity index is 1.82. The number of nitriles is 1. The van der Waals surface area contributed by atoms with Crippen LogP contribution in [0.2, 0.25) is 0 Å². The van der Waals surface area contributed by atoms with Crippen LogP contribution in [0.4, 0.5) is 5.69 Å². The van der Waals surface area contributed by atoms with Crippen LogP contribution >= 0.6 is 0 Å². The maximum absolute atomic E-state index is 12.4. The lowest BCUT2D eigenvalue weighted by Gasteiger charge is -2.12. The Bertz CT molecular complexity index is 899. The Labute approximate surface area is 139 Å². The average Bonchev–Trinajstić information content (AvgIpc) is 2.64. The molecule has 24 heavy (non-hydrogen) atoms. The molecule has 0 aliphatic carbocycles. The quantitative estimate of drug-likeness (QED) is 0.765. The number of carbonyl (C=O) groups is 1. The smallest absolute Gasteiger partial charge is 0.255 e. The summed E-state index contributed by atoms with van der Waals surface area (Å²) in [6.07, 6.45) is 0. The second kappa shape index (κ2) is 7.12. The van der Waals surface area contributed by atoms with Crippen molar-refractivity contribution in [3.8, 4) is 17.6 Å². The minimum Gasteiger partial charge on any atom is -0.455 e. The minimum absolute atomic E-state index is 0.295. The second-order valence-electron chi connectivity index (χ2n) is 5.06. The van der Waals surface area contributed by atoms with E-state index in [2.05, 4.69) is 5.32 Å². The van der Waals surface area contributed by atoms with Crippen LogP contribution in [-0.4, -0.2) is 5.91 Å². The Hall–Kier alpha value is -3.58. The molecular weight excluding hydrogens is 300 g/mol. The van der Waals surface area contributed by atoms with E-state index in [-0.39, 0.29) is 5.91 Å². The van der Waals surface area contributed by atoms with E-state index in [0.717, 1.165) is 0 Å². The van der Waals surface area contributed by atoms with E-state index in [0.29, 0.717) is 28.3 Å². The molecular formula is C20H14N2O2. The van der Waals surface area contributed by atoms with Crippen LogP contribution in [0.5, 0.6) is 11.5 Å². The van der Waals surface area contributed by atoms with Crippen molar-refractivity contribution in [1.82, 2.24) is 0 Å². The molecule has 0 atom stereocenters. The Kier molecular flexibility index (Phi) is 4.55. The number of hydrogen-bond acceptors (Lipinski definition) is 3. The van der Waals surface area contributed by atoms with Crippen molar-refractivity contribution in [2.45, 2.75) is 0 Å². The zero-order valence-corrected chi connectivity index (χ0v) is 12.8. The van der Waals surface area contributed by atoms with Gasteiger partial charge in [0.05, 0.1) is 17.3 Å². The standard InChI is InChI=1S/C20H14N2O2/c21-14-15-7-6-8-16(13-15)20(23)22-18-11-4-5-12-19(18)24-17-9-2-1-3-10-17/h1-13H,(H,22,23). The van der Waals surface area contributed by atoms with Crippen molar-refractivity contribution in [3.05, 3.63) is 90.0 Å². The molecule has 1 N–H and O–H groups in total. The average molecular weight is 314 g/mol. The predicted octanol–water partition coefficient (Wildman–Crippen LogP) is 4.60. The molecule has 0 heterocycles. The van der Waals surface area contributed by atoms with Gasteiger partial charge in [-0.05, 0) is 42.5 Å². The second-order valence-corrected chi connectivity index (χ2v) is 5.06. The molecule has 116 valence electrons. The molecule has 0 saturated heterocycles. The first kappa shape index (κ1) is 15.3. The van der Waals surface area contributed by atoms with E-state index >= 15 is 0 Å². The highest BCUT2D eigenvalue weighted by Crippen LogP contribution is 2.29. The lowest BCUT2D eigenvalue weighted by molar-refractivity contribution is 0.102. The number of nitrogens with zero attached hydrogens (tertiary/aromatic N) is 1. The molecule has 3 aromatic carbocycles. The van der Waals surface area contributed by atoms with Gasteiger partial charge in [0.15, 0.2) is 5.75 Å². The molecule has 4 nitrogen and oxygen atoms in total. The number of anilines is 1. The van der Waals surface area contributed by atoms with E-state index in [9.17, 15) is 4.79 Å². The largest absolute Gasteiger partial charge is 0.455 e. The van der Waals surface area contributed by atoms with Crippen LogP contribution in [0.3, 0.4) is 0 Å². The third-order valence-electron chi connectivity index (χ3n) is 3.36. The van der Waals surface area contributed by atoms with Crippen LogP contribution < -0.4 is 10.1 Å². The van der Waals surface area contributed by atoms with Gasteiger partial charge < -0.3 is 10.1 Å². The maximum Gasteiger partial charge on any atom is 0.255 e. The van der Waals surface area contributed by atoms with E-state index in [4.69, 9.17) is 10.00 Å². The van der Waals surface area contributed by atoms with Gasteiger partial charge in [0, 0.05) is 5.56 Å². The van der Waals surface area contributed by atoms with Crippen molar-refractivity contribution in [2.75, 3.05) is 5.32 Å². The summed E-state index contributed by atoms with van der Waals surface area (Å²) in [5, 5.41) is 11.8. The minimum atomic E-state index is -0.295. The third-order valence-corrected chi connectivity index (χ3v) is 3.36. The summed E-state index contributed by atoms with van der Waals surface area (Å²) < 4.78 is 5.82. The highest BCUT2D eigenvalue weighted by Gasteiger charge is 2.11. The lowest BCUT2D eigenvalue weighted by Crippen LogP contribution is -2.12. The van der Waals surface area contributed by atoms with Crippen molar-refractivity contribution < 1.29 is 9.53 Å². The molecule has 0 unspecified atom stereocenters. The number of amides is 1. The van der Waals surface area contributed by atoms with Gasteiger partial charge in [-0.3, -0.25) is 4.79 Å². The van der Waals surface area contributed by atoms with Gasteiger partial charge >= 0.3 is 0 Å². The monoisotopic (exact) mass is 314 g/mol. The summed E-state index contributed by atoms with van der Waals surface area (Å²) in [5.74, 6) is 0.940. The Morgan fingerprint density at radius 3 is 2.46 bits per heavy atom. The molecule has 0 radical (unpaired) electrons. The van der Waals surface area contributed by atoms with Gasteiger partial charge in [0.2, 0.25) is 0 Å². The molecule has 0 aromatic heterocycles. The zero-order chi connectivity index (χ0) is 16.8. The highest BCUT2D eigenvalue weighted by atomic mass is 16.5. The topological polar surface area (TPSA) is 62.1 Å². The van der Waals surface area contributed by atoms with Gasteiger partial charge in [-0.15, -0.1) is 0 Å². The zero-order valence-electron chi connectivity index (χ0n) is 12.8. The van der Waals surface area contributed by atoms with Gasteiger partial charge in [-0.2, -0.15) is 5.26 Å². The number of nitrogens with one attached hydrogen (secondary N) is 1. The molecule has 0 bridgehead atoms. The summed E-state index contributed by atoms with van der Waals surface area (Å²) in [5.41, 5.74) is 1.42. The van der Waals surface area contributed by atoms with Gasteiger partial charge in [-0.25, -0.2) is 0 Å². The van der Waals surface area contributed by atoms with E-state index in [1.54, 1.807) is 36.4 Å². The number of carbonyl (C=O) groups excluding carboxylic acids is 1. The molecule has 0 fully saturated rings. The fourth-order valence-corrected chi connectivity index (χ4v) is 2.20. The van der Waals surface area contributed by atoms with Gasteiger partial charge in [-0.1, -0.05) is 36.4 Å². The maximum atomic E-state index is 12.4. The van der Waals surface area contributed by atoms with Crippen LogP contribution in [-0.2, 0) is 0 Å². The number of rotatable bonds is 4. The molecule has 0 saturated carbocycles. The van der Waals surface area contributed by atoms with Gasteiger partial charge in [0.25, 0.3) is 5.91 Å². The lowest BCUT2D eigenvalue weighted by atomic mass is 10.1. The molecule has 1 amide bonds. The summed E-state index contributed by atoms with van der Waals surface area (Å²) >= 11 is 0. The summed E-state index contributed by atoms with van der Waals surface area (Å²) in [4.78, 5) is 12.4. The highest BCUT2D eigenvalue weighted by molar-refractivity contribution is 6.05. The van der Waals surface area contributed by atoms with Crippen LogP contribution in [0.1, 0.15) is 15.9 Å². The first-order valence-corrected chi connectivity index (χ1v) is 7.40. The number of para-hydroxylation sites is 3. The molecule has 0 aliphatic rings. The molecule has 3 rings (SSSR count). The third kappa shape index (κ3) is 3.60. The number of benzene rings is 3. The fourth-order valence-electron chi connectivity index (χ4n) is 2.20. The number of hydrogen-bond donors (Lipinski definition) is 1. The molecule has 0 aliphatic heterocycles. The molecule has 4 heteroatoms. The first-order valence-electron chi connectivity index (χ1n) is 7.40. The Morgan fingerprint density at radius 2 is 1.67 bits per heavy atom. The number of ether oxygens (including phenoxy) is 1. The van der Waals surface area contributed by atoms with Crippen LogP contribution in [0.15, 0.2) is 78.9 Å². The van der Waals surface area contributed by atoms with E-state index < -0.39 is 0 Å². The summed E-state index contributed by atoms with van der Waals surface area (Å²) in [7, 11) is 0. The van der Waals surface area contributed by atoms with Crippen LogP contribution in [0.25, 0.3) is 0 Å². The van der Waals surface area contributed by atoms with E-state index in [1.807, 2.05) is 48.5 Å². The van der Waals surface area contributed by atoms with Crippen molar-refractivity contribution >= 4 is 11.6 Å². The van der Waals surface area contributed by atoms with Gasteiger partial charge in [0.1, 0.15) is 5.75 Å². The Morgan fingerprint density at radius 1 is 0.917 bits per heavy atom. The fraction of sp³-hybridized carbons (Fsp3) is 0. The van der Waals surface area contributed by atoms with Crippen LogP contribution in [0, 0.1) is 11.3 Å².